The van der Waals surface area contributed by atoms with Crippen molar-refractivity contribution in [3.63, 3.8) is 0 Å². The van der Waals surface area contributed by atoms with Crippen LogP contribution in [-0.2, 0) is 22.6 Å². The van der Waals surface area contributed by atoms with Crippen molar-refractivity contribution in [2.45, 2.75) is 20.0 Å². The molecule has 0 N–H and O–H groups in total. The molecular weight excluding hydrogens is 292 g/mol. The zero-order valence-electron chi connectivity index (χ0n) is 10.8. The Morgan fingerprint density at radius 2 is 2.15 bits per heavy atom. The number of nitrogens with zero attached hydrogens (tertiary/aromatic N) is 2. The van der Waals surface area contributed by atoms with Crippen LogP contribution in [0.1, 0.15) is 15.7 Å². The van der Waals surface area contributed by atoms with Crippen LogP contribution in [0.15, 0.2) is 29.6 Å². The van der Waals surface area contributed by atoms with Gasteiger partial charge in [-0.15, -0.1) is 22.7 Å². The molecule has 20 heavy (non-hydrogen) atoms. The van der Waals surface area contributed by atoms with Gasteiger partial charge in [0.05, 0.1) is 27.3 Å². The van der Waals surface area contributed by atoms with Crippen LogP contribution in [0.5, 0.6) is 0 Å². The summed E-state index contributed by atoms with van der Waals surface area (Å²) >= 11 is 3.08. The van der Waals surface area contributed by atoms with E-state index in [1.807, 2.05) is 36.6 Å². The fourth-order valence-electron chi connectivity index (χ4n) is 1.81. The van der Waals surface area contributed by atoms with Gasteiger partial charge < -0.3 is 4.74 Å². The number of benzene rings is 1. The summed E-state index contributed by atoms with van der Waals surface area (Å²) < 4.78 is 6.35. The lowest BCUT2D eigenvalue weighted by Gasteiger charge is -2.00. The van der Waals surface area contributed by atoms with E-state index in [2.05, 4.69) is 9.97 Å². The zero-order valence-corrected chi connectivity index (χ0v) is 12.5. The number of hydrogen-bond donors (Lipinski definition) is 0. The van der Waals surface area contributed by atoms with Crippen molar-refractivity contribution >= 4 is 38.9 Å². The maximum absolute atomic E-state index is 11.7. The molecule has 0 aliphatic heterocycles. The first-order valence-electron chi connectivity index (χ1n) is 6.12. The summed E-state index contributed by atoms with van der Waals surface area (Å²) in [7, 11) is 0. The van der Waals surface area contributed by atoms with E-state index in [9.17, 15) is 4.79 Å². The number of carbonyl (C=O) groups excluding carboxylic acids is 1. The Labute approximate surface area is 124 Å². The third kappa shape index (κ3) is 3.02. The topological polar surface area (TPSA) is 52.1 Å². The summed E-state index contributed by atoms with van der Waals surface area (Å²) in [5.41, 5.74) is 1.71. The second kappa shape index (κ2) is 5.68. The molecule has 0 fully saturated rings. The molecule has 1 aromatic carbocycles. The quantitative estimate of drug-likeness (QED) is 0.694. The molecule has 2 aromatic heterocycles. The van der Waals surface area contributed by atoms with Crippen molar-refractivity contribution in [1.82, 2.24) is 9.97 Å². The number of para-hydroxylation sites is 1. The SMILES string of the molecule is Cc1nc(CC(=O)OCc2nc3ccccc3s2)cs1. The van der Waals surface area contributed by atoms with Crippen molar-refractivity contribution < 1.29 is 9.53 Å². The van der Waals surface area contributed by atoms with Gasteiger partial charge in [-0.25, -0.2) is 9.97 Å². The molecule has 6 heteroatoms. The van der Waals surface area contributed by atoms with Gasteiger partial charge in [-0.3, -0.25) is 4.79 Å². The molecule has 3 aromatic rings. The lowest BCUT2D eigenvalue weighted by molar-refractivity contribution is -0.144. The first-order chi connectivity index (χ1) is 9.70. The third-order valence-corrected chi connectivity index (χ3v) is 4.52. The number of fused-ring (bicyclic) bond motifs is 1. The Morgan fingerprint density at radius 3 is 2.90 bits per heavy atom. The summed E-state index contributed by atoms with van der Waals surface area (Å²) in [5.74, 6) is -0.269. The van der Waals surface area contributed by atoms with Crippen molar-refractivity contribution in [2.24, 2.45) is 0 Å². The van der Waals surface area contributed by atoms with E-state index in [4.69, 9.17) is 4.74 Å². The van der Waals surface area contributed by atoms with Gasteiger partial charge in [0.1, 0.15) is 11.6 Å². The lowest BCUT2D eigenvalue weighted by atomic mass is 10.3. The number of hydrogen-bond acceptors (Lipinski definition) is 6. The van der Waals surface area contributed by atoms with Crippen LogP contribution in [0.25, 0.3) is 10.2 Å². The molecular formula is C14H12N2O2S2. The van der Waals surface area contributed by atoms with Crippen molar-refractivity contribution in [1.29, 1.82) is 0 Å². The van der Waals surface area contributed by atoms with Crippen LogP contribution < -0.4 is 0 Å². The van der Waals surface area contributed by atoms with Gasteiger partial charge in [0.15, 0.2) is 0 Å². The minimum Gasteiger partial charge on any atom is -0.458 e. The van der Waals surface area contributed by atoms with Gasteiger partial charge in [0, 0.05) is 5.38 Å². The predicted molar refractivity (Wildman–Crippen MR) is 80.0 cm³/mol. The summed E-state index contributed by atoms with van der Waals surface area (Å²) in [6.45, 7) is 2.14. The predicted octanol–water partition coefficient (Wildman–Crippen LogP) is 3.35. The molecule has 0 radical (unpaired) electrons. The molecule has 0 spiro atoms. The molecule has 0 amide bonds. The molecule has 0 bridgehead atoms. The molecule has 0 atom stereocenters. The molecule has 4 nitrogen and oxygen atoms in total. The molecule has 3 rings (SSSR count). The maximum Gasteiger partial charge on any atom is 0.312 e. The Balaban J connectivity index is 1.59. The van der Waals surface area contributed by atoms with Gasteiger partial charge in [-0.1, -0.05) is 12.1 Å². The molecule has 102 valence electrons. The molecule has 2 heterocycles. The smallest absolute Gasteiger partial charge is 0.312 e. The van der Waals surface area contributed by atoms with E-state index in [1.54, 1.807) is 11.3 Å². The van der Waals surface area contributed by atoms with Crippen LogP contribution in [0.3, 0.4) is 0 Å². The summed E-state index contributed by atoms with van der Waals surface area (Å²) in [4.78, 5) is 20.4. The summed E-state index contributed by atoms with van der Waals surface area (Å²) in [6, 6.07) is 7.88. The fourth-order valence-corrected chi connectivity index (χ4v) is 3.31. The number of esters is 1. The van der Waals surface area contributed by atoms with Gasteiger partial charge >= 0.3 is 5.97 Å². The van der Waals surface area contributed by atoms with E-state index in [1.165, 1.54) is 11.3 Å². The second-order valence-electron chi connectivity index (χ2n) is 4.27. The first-order valence-corrected chi connectivity index (χ1v) is 7.81. The van der Waals surface area contributed by atoms with Gasteiger partial charge in [0.2, 0.25) is 0 Å². The largest absolute Gasteiger partial charge is 0.458 e. The number of thiazole rings is 2. The van der Waals surface area contributed by atoms with Crippen molar-refractivity contribution in [2.75, 3.05) is 0 Å². The third-order valence-electron chi connectivity index (χ3n) is 2.69. The number of carbonyl (C=O) groups is 1. The second-order valence-corrected chi connectivity index (χ2v) is 6.45. The number of aromatic nitrogens is 2. The van der Waals surface area contributed by atoms with Crippen LogP contribution >= 0.6 is 22.7 Å². The van der Waals surface area contributed by atoms with Gasteiger partial charge in [-0.05, 0) is 19.1 Å². The standard InChI is InChI=1S/C14H12N2O2S2/c1-9-15-10(8-19-9)6-14(17)18-7-13-16-11-4-2-3-5-12(11)20-13/h2-5,8H,6-7H2,1H3. The minimum absolute atomic E-state index is 0.217. The zero-order chi connectivity index (χ0) is 13.9. The summed E-state index contributed by atoms with van der Waals surface area (Å²) in [5, 5.41) is 3.65. The Kier molecular flexibility index (Phi) is 3.75. The number of aryl methyl sites for hydroxylation is 1. The van der Waals surface area contributed by atoms with Crippen LogP contribution in [-0.4, -0.2) is 15.9 Å². The van der Waals surface area contributed by atoms with Crippen LogP contribution in [0, 0.1) is 6.92 Å². The molecule has 0 aliphatic rings. The van der Waals surface area contributed by atoms with Crippen molar-refractivity contribution in [3.05, 3.63) is 45.4 Å². The number of ether oxygens (including phenoxy) is 1. The van der Waals surface area contributed by atoms with Crippen LogP contribution in [0.2, 0.25) is 0 Å². The first kappa shape index (κ1) is 13.2. The molecule has 0 saturated heterocycles. The minimum atomic E-state index is -0.269. The number of rotatable bonds is 4. The van der Waals surface area contributed by atoms with E-state index < -0.39 is 0 Å². The maximum atomic E-state index is 11.7. The average molecular weight is 304 g/mol. The molecule has 0 unspecified atom stereocenters. The highest BCUT2D eigenvalue weighted by Gasteiger charge is 2.10. The van der Waals surface area contributed by atoms with E-state index >= 15 is 0 Å². The van der Waals surface area contributed by atoms with Crippen molar-refractivity contribution in [3.8, 4) is 0 Å². The highest BCUT2D eigenvalue weighted by atomic mass is 32.1. The van der Waals surface area contributed by atoms with E-state index in [0.717, 1.165) is 25.9 Å². The van der Waals surface area contributed by atoms with Gasteiger partial charge in [0.25, 0.3) is 0 Å². The Hall–Kier alpha value is -1.79. The normalized spacial score (nSPS) is 10.8. The highest BCUT2D eigenvalue weighted by Crippen LogP contribution is 2.22. The molecule has 0 saturated carbocycles. The fraction of sp³-hybridized carbons (Fsp3) is 0.214. The Bertz CT molecular complexity index is 715. The summed E-state index contributed by atoms with van der Waals surface area (Å²) in [6.07, 6.45) is 0.217. The monoisotopic (exact) mass is 304 g/mol. The van der Waals surface area contributed by atoms with Gasteiger partial charge in [-0.2, -0.15) is 0 Å². The lowest BCUT2D eigenvalue weighted by Crippen LogP contribution is -2.08. The average Bonchev–Trinajstić information content (AvgIpc) is 3.02. The molecule has 0 aliphatic carbocycles. The van der Waals surface area contributed by atoms with E-state index in [-0.39, 0.29) is 19.0 Å². The highest BCUT2D eigenvalue weighted by molar-refractivity contribution is 7.18. The van der Waals surface area contributed by atoms with E-state index in [0.29, 0.717) is 0 Å². The Morgan fingerprint density at radius 1 is 1.30 bits per heavy atom. The van der Waals surface area contributed by atoms with Crippen LogP contribution in [0.4, 0.5) is 0 Å².